The van der Waals surface area contributed by atoms with Crippen molar-refractivity contribution >= 4 is 17.5 Å². The van der Waals surface area contributed by atoms with E-state index < -0.39 is 6.10 Å². The van der Waals surface area contributed by atoms with Gasteiger partial charge in [-0.25, -0.2) is 0 Å². The highest BCUT2D eigenvalue weighted by Gasteiger charge is 2.15. The van der Waals surface area contributed by atoms with Crippen molar-refractivity contribution in [3.8, 4) is 18.1 Å². The largest absolute Gasteiger partial charge is 0.479 e. The molecule has 0 fully saturated rings. The standard InChI is InChI=1S/C15H19ClN2O2/c1-4-8-18-15(19)11(3)20-14-7-6-12(9-13(14)16)10-17-5-2/h1,6-7,9,11,17H,5,8,10H2,2-3H3,(H,18,19). The van der Waals surface area contributed by atoms with Gasteiger partial charge >= 0.3 is 0 Å². The van der Waals surface area contributed by atoms with Gasteiger partial charge in [0.2, 0.25) is 0 Å². The molecular weight excluding hydrogens is 276 g/mol. The van der Waals surface area contributed by atoms with Gasteiger partial charge in [-0.2, -0.15) is 0 Å². The fraction of sp³-hybridized carbons (Fsp3) is 0.400. The van der Waals surface area contributed by atoms with E-state index in [-0.39, 0.29) is 12.5 Å². The van der Waals surface area contributed by atoms with Crippen LogP contribution in [0.5, 0.6) is 5.75 Å². The fourth-order valence-corrected chi connectivity index (χ4v) is 1.79. The molecule has 20 heavy (non-hydrogen) atoms. The Kier molecular flexibility index (Phi) is 6.92. The number of halogens is 1. The Balaban J connectivity index is 2.64. The van der Waals surface area contributed by atoms with Gasteiger partial charge in [-0.1, -0.05) is 30.5 Å². The molecule has 108 valence electrons. The summed E-state index contributed by atoms with van der Waals surface area (Å²) in [5.41, 5.74) is 1.06. The molecule has 0 aromatic heterocycles. The first kappa shape index (κ1) is 16.4. The summed E-state index contributed by atoms with van der Waals surface area (Å²) in [4.78, 5) is 11.6. The smallest absolute Gasteiger partial charge is 0.261 e. The van der Waals surface area contributed by atoms with Crippen LogP contribution in [0.3, 0.4) is 0 Å². The molecule has 1 amide bonds. The summed E-state index contributed by atoms with van der Waals surface area (Å²) in [5.74, 6) is 2.55. The Hall–Kier alpha value is -1.70. The van der Waals surface area contributed by atoms with Crippen LogP contribution in [-0.2, 0) is 11.3 Å². The van der Waals surface area contributed by atoms with Crippen molar-refractivity contribution in [1.29, 1.82) is 0 Å². The number of amides is 1. The lowest BCUT2D eigenvalue weighted by molar-refractivity contribution is -0.126. The molecule has 0 aliphatic carbocycles. The lowest BCUT2D eigenvalue weighted by Gasteiger charge is -2.15. The van der Waals surface area contributed by atoms with Crippen molar-refractivity contribution in [3.63, 3.8) is 0 Å². The van der Waals surface area contributed by atoms with Gasteiger partial charge < -0.3 is 15.4 Å². The molecule has 4 nitrogen and oxygen atoms in total. The lowest BCUT2D eigenvalue weighted by Crippen LogP contribution is -2.36. The van der Waals surface area contributed by atoms with E-state index >= 15 is 0 Å². The number of rotatable bonds is 7. The van der Waals surface area contributed by atoms with E-state index in [2.05, 4.69) is 16.6 Å². The quantitative estimate of drug-likeness (QED) is 0.756. The van der Waals surface area contributed by atoms with Crippen LogP contribution in [0.25, 0.3) is 0 Å². The summed E-state index contributed by atoms with van der Waals surface area (Å²) in [6, 6.07) is 5.50. The summed E-state index contributed by atoms with van der Waals surface area (Å²) < 4.78 is 5.53. The Labute approximate surface area is 124 Å². The Morgan fingerprint density at radius 3 is 2.90 bits per heavy atom. The Morgan fingerprint density at radius 2 is 2.30 bits per heavy atom. The second-order valence-corrected chi connectivity index (χ2v) is 4.63. The second kappa shape index (κ2) is 8.47. The third-order valence-corrected chi connectivity index (χ3v) is 2.91. The molecule has 0 saturated heterocycles. The normalized spacial score (nSPS) is 11.5. The topological polar surface area (TPSA) is 50.4 Å². The van der Waals surface area contributed by atoms with Crippen LogP contribution in [0.2, 0.25) is 5.02 Å². The number of nitrogens with one attached hydrogen (secondary N) is 2. The average Bonchev–Trinajstić information content (AvgIpc) is 2.44. The van der Waals surface area contributed by atoms with Crippen LogP contribution in [0, 0.1) is 12.3 Å². The number of hydrogen-bond donors (Lipinski definition) is 2. The summed E-state index contributed by atoms with van der Waals surface area (Å²) in [6.45, 7) is 5.50. The maximum atomic E-state index is 11.6. The van der Waals surface area contributed by atoms with Gasteiger partial charge in [-0.3, -0.25) is 4.79 Å². The van der Waals surface area contributed by atoms with Gasteiger partial charge in [-0.15, -0.1) is 6.42 Å². The van der Waals surface area contributed by atoms with Crippen LogP contribution >= 0.6 is 11.6 Å². The zero-order valence-corrected chi connectivity index (χ0v) is 12.5. The van der Waals surface area contributed by atoms with E-state index in [0.29, 0.717) is 10.8 Å². The molecule has 0 aliphatic rings. The van der Waals surface area contributed by atoms with Crippen LogP contribution in [-0.4, -0.2) is 25.1 Å². The SMILES string of the molecule is C#CCNC(=O)C(C)Oc1ccc(CNCC)cc1Cl. The van der Waals surface area contributed by atoms with Gasteiger partial charge in [0, 0.05) is 6.54 Å². The number of terminal acetylenes is 1. The minimum Gasteiger partial charge on any atom is -0.479 e. The summed E-state index contributed by atoms with van der Waals surface area (Å²) >= 11 is 6.14. The van der Waals surface area contributed by atoms with E-state index in [9.17, 15) is 4.79 Å². The first-order chi connectivity index (χ1) is 9.58. The molecule has 1 atom stereocenters. The van der Waals surface area contributed by atoms with Crippen LogP contribution in [0.1, 0.15) is 19.4 Å². The third-order valence-electron chi connectivity index (χ3n) is 2.61. The highest BCUT2D eigenvalue weighted by Crippen LogP contribution is 2.26. The monoisotopic (exact) mass is 294 g/mol. The molecule has 0 saturated carbocycles. The first-order valence-corrected chi connectivity index (χ1v) is 6.83. The molecule has 1 aromatic rings. The molecule has 0 aliphatic heterocycles. The number of carbonyl (C=O) groups excluding carboxylic acids is 1. The van der Waals surface area contributed by atoms with Crippen molar-refractivity contribution in [1.82, 2.24) is 10.6 Å². The highest BCUT2D eigenvalue weighted by molar-refractivity contribution is 6.32. The Morgan fingerprint density at radius 1 is 1.55 bits per heavy atom. The summed E-state index contributed by atoms with van der Waals surface area (Å²) in [5, 5.41) is 6.25. The van der Waals surface area contributed by atoms with Crippen molar-refractivity contribution in [2.75, 3.05) is 13.1 Å². The second-order valence-electron chi connectivity index (χ2n) is 4.23. The fourth-order valence-electron chi connectivity index (χ4n) is 1.55. The lowest BCUT2D eigenvalue weighted by atomic mass is 10.2. The highest BCUT2D eigenvalue weighted by atomic mass is 35.5. The number of benzene rings is 1. The first-order valence-electron chi connectivity index (χ1n) is 6.45. The van der Waals surface area contributed by atoms with E-state index in [1.54, 1.807) is 13.0 Å². The number of carbonyl (C=O) groups is 1. The van der Waals surface area contributed by atoms with Crippen molar-refractivity contribution in [2.45, 2.75) is 26.5 Å². The number of hydrogen-bond acceptors (Lipinski definition) is 3. The van der Waals surface area contributed by atoms with E-state index in [0.717, 1.165) is 18.7 Å². The van der Waals surface area contributed by atoms with E-state index in [1.807, 2.05) is 19.1 Å². The zero-order valence-electron chi connectivity index (χ0n) is 11.7. The minimum atomic E-state index is -0.652. The maximum absolute atomic E-state index is 11.6. The average molecular weight is 295 g/mol. The van der Waals surface area contributed by atoms with Gasteiger partial charge in [0.05, 0.1) is 11.6 Å². The predicted octanol–water partition coefficient (Wildman–Crippen LogP) is 1.97. The minimum absolute atomic E-state index is 0.182. The zero-order chi connectivity index (χ0) is 15.0. The van der Waals surface area contributed by atoms with Gasteiger partial charge in [0.25, 0.3) is 5.91 Å². The van der Waals surface area contributed by atoms with Crippen LogP contribution < -0.4 is 15.4 Å². The summed E-state index contributed by atoms with van der Waals surface area (Å²) in [7, 11) is 0. The molecule has 1 aromatic carbocycles. The van der Waals surface area contributed by atoms with Gasteiger partial charge in [0.15, 0.2) is 6.10 Å². The van der Waals surface area contributed by atoms with Crippen LogP contribution in [0.15, 0.2) is 18.2 Å². The van der Waals surface area contributed by atoms with Gasteiger partial charge in [-0.05, 0) is 31.2 Å². The van der Waals surface area contributed by atoms with E-state index in [1.165, 1.54) is 0 Å². The molecule has 1 unspecified atom stereocenters. The molecular formula is C15H19ClN2O2. The van der Waals surface area contributed by atoms with E-state index in [4.69, 9.17) is 22.8 Å². The van der Waals surface area contributed by atoms with Crippen molar-refractivity contribution in [3.05, 3.63) is 28.8 Å². The van der Waals surface area contributed by atoms with Crippen molar-refractivity contribution in [2.24, 2.45) is 0 Å². The van der Waals surface area contributed by atoms with Gasteiger partial charge in [0.1, 0.15) is 5.75 Å². The summed E-state index contributed by atoms with van der Waals surface area (Å²) in [6.07, 6.45) is 4.43. The third kappa shape index (κ3) is 5.12. The van der Waals surface area contributed by atoms with Crippen LogP contribution in [0.4, 0.5) is 0 Å². The predicted molar refractivity (Wildman–Crippen MR) is 80.8 cm³/mol. The number of ether oxygens (including phenoxy) is 1. The molecule has 0 heterocycles. The molecule has 0 bridgehead atoms. The molecule has 5 heteroatoms. The molecule has 0 radical (unpaired) electrons. The Bertz CT molecular complexity index is 497. The maximum Gasteiger partial charge on any atom is 0.261 e. The molecule has 1 rings (SSSR count). The van der Waals surface area contributed by atoms with Crippen molar-refractivity contribution < 1.29 is 9.53 Å². The molecule has 2 N–H and O–H groups in total. The molecule has 0 spiro atoms.